The molecule has 23 heavy (non-hydrogen) atoms. The monoisotopic (exact) mass is 317 g/mol. The van der Waals surface area contributed by atoms with Crippen LogP contribution in [-0.4, -0.2) is 39.6 Å². The van der Waals surface area contributed by atoms with Crippen molar-refractivity contribution in [1.82, 2.24) is 25.2 Å². The van der Waals surface area contributed by atoms with Crippen LogP contribution in [0.25, 0.3) is 5.65 Å². The number of carbonyl (C=O) groups excluding carboxylic acids is 1. The molecule has 0 aromatic carbocycles. The molecule has 0 bridgehead atoms. The predicted octanol–water partition coefficient (Wildman–Crippen LogP) is 1.02. The first-order valence-corrected chi connectivity index (χ1v) is 8.22. The first kappa shape index (κ1) is 15.7. The number of aromatic amines is 1. The second kappa shape index (κ2) is 6.54. The van der Waals surface area contributed by atoms with E-state index in [0.717, 1.165) is 38.0 Å². The maximum Gasteiger partial charge on any atom is 0.256 e. The smallest absolute Gasteiger partial charge is 0.256 e. The molecule has 1 aliphatic heterocycles. The molecular formula is C16H23N5O2. The molecule has 1 saturated heterocycles. The number of hydrogen-bond donors (Lipinski definition) is 3. The average molecular weight is 317 g/mol. The molecule has 3 heterocycles. The number of piperidine rings is 1. The lowest BCUT2D eigenvalue weighted by Crippen LogP contribution is -2.32. The Balaban J connectivity index is 2.01. The lowest BCUT2D eigenvalue weighted by molar-refractivity contribution is 0.0940. The van der Waals surface area contributed by atoms with Gasteiger partial charge in [0.1, 0.15) is 11.2 Å². The van der Waals surface area contributed by atoms with Crippen LogP contribution < -0.4 is 16.2 Å². The fourth-order valence-electron chi connectivity index (χ4n) is 2.99. The number of hydrogen-bond acceptors (Lipinski definition) is 4. The summed E-state index contributed by atoms with van der Waals surface area (Å²) in [5, 5.41) is 10.6. The van der Waals surface area contributed by atoms with E-state index in [-0.39, 0.29) is 23.4 Å². The Morgan fingerprint density at radius 2 is 2.22 bits per heavy atom. The van der Waals surface area contributed by atoms with Crippen LogP contribution in [0, 0.1) is 0 Å². The highest BCUT2D eigenvalue weighted by molar-refractivity contribution is 5.99. The number of carbonyl (C=O) groups is 1. The van der Waals surface area contributed by atoms with Crippen LogP contribution in [0.15, 0.2) is 17.1 Å². The molecule has 2 aromatic heterocycles. The van der Waals surface area contributed by atoms with Gasteiger partial charge in [0.05, 0.1) is 11.9 Å². The first-order valence-electron chi connectivity index (χ1n) is 8.22. The van der Waals surface area contributed by atoms with Gasteiger partial charge in [-0.2, -0.15) is 5.10 Å². The van der Waals surface area contributed by atoms with Crippen molar-refractivity contribution in [2.75, 3.05) is 13.1 Å². The Bertz CT molecular complexity index is 757. The molecule has 1 amide bonds. The Kier molecular flexibility index (Phi) is 4.47. The highest BCUT2D eigenvalue weighted by Gasteiger charge is 2.22. The molecule has 1 aliphatic rings. The summed E-state index contributed by atoms with van der Waals surface area (Å²) in [7, 11) is 0. The largest absolute Gasteiger partial charge is 0.349 e. The predicted molar refractivity (Wildman–Crippen MR) is 87.9 cm³/mol. The van der Waals surface area contributed by atoms with Crippen LogP contribution in [0.4, 0.5) is 0 Å². The second-order valence-electron chi connectivity index (χ2n) is 6.18. The van der Waals surface area contributed by atoms with Gasteiger partial charge in [0, 0.05) is 18.0 Å². The number of nitrogens with zero attached hydrogens (tertiary/aromatic N) is 2. The maximum atomic E-state index is 12.4. The third-order valence-corrected chi connectivity index (χ3v) is 4.53. The molecule has 0 saturated carbocycles. The van der Waals surface area contributed by atoms with E-state index >= 15 is 0 Å². The van der Waals surface area contributed by atoms with Crippen molar-refractivity contribution in [2.45, 2.75) is 45.1 Å². The number of nitrogens with one attached hydrogen (secondary N) is 3. The number of H-pyrrole nitrogens is 1. The van der Waals surface area contributed by atoms with Crippen molar-refractivity contribution < 1.29 is 4.79 Å². The molecule has 3 N–H and O–H groups in total. The fraction of sp³-hybridized carbons (Fsp3) is 0.562. The molecule has 1 atom stereocenters. The summed E-state index contributed by atoms with van der Waals surface area (Å²) in [5.41, 5.74) is 1.59. The van der Waals surface area contributed by atoms with E-state index in [2.05, 4.69) is 20.7 Å². The summed E-state index contributed by atoms with van der Waals surface area (Å²) < 4.78 is 1.71. The van der Waals surface area contributed by atoms with Gasteiger partial charge >= 0.3 is 0 Å². The minimum atomic E-state index is -0.201. The maximum absolute atomic E-state index is 12.4. The third kappa shape index (κ3) is 3.14. The summed E-state index contributed by atoms with van der Waals surface area (Å²) in [6.07, 6.45) is 4.31. The number of amides is 1. The molecule has 7 heteroatoms. The zero-order valence-corrected chi connectivity index (χ0v) is 13.6. The quantitative estimate of drug-likeness (QED) is 0.785. The van der Waals surface area contributed by atoms with Crippen molar-refractivity contribution in [3.05, 3.63) is 33.9 Å². The van der Waals surface area contributed by atoms with Crippen molar-refractivity contribution in [2.24, 2.45) is 0 Å². The molecule has 1 unspecified atom stereocenters. The number of aromatic nitrogens is 3. The Morgan fingerprint density at radius 1 is 1.48 bits per heavy atom. The van der Waals surface area contributed by atoms with Crippen molar-refractivity contribution in [1.29, 1.82) is 0 Å². The van der Waals surface area contributed by atoms with Gasteiger partial charge in [-0.1, -0.05) is 6.92 Å². The lowest BCUT2D eigenvalue weighted by Gasteiger charge is -2.23. The molecule has 2 aromatic rings. The highest BCUT2D eigenvalue weighted by atomic mass is 16.2. The minimum Gasteiger partial charge on any atom is -0.349 e. The zero-order valence-electron chi connectivity index (χ0n) is 13.6. The van der Waals surface area contributed by atoms with E-state index in [1.807, 2.05) is 13.8 Å². The molecule has 7 nitrogen and oxygen atoms in total. The molecular weight excluding hydrogens is 294 g/mol. The summed E-state index contributed by atoms with van der Waals surface area (Å²) in [6.45, 7) is 5.83. The molecule has 124 valence electrons. The van der Waals surface area contributed by atoms with Gasteiger partial charge in [0.25, 0.3) is 11.5 Å². The van der Waals surface area contributed by atoms with Crippen LogP contribution >= 0.6 is 0 Å². The van der Waals surface area contributed by atoms with E-state index in [0.29, 0.717) is 11.2 Å². The van der Waals surface area contributed by atoms with Crippen molar-refractivity contribution >= 4 is 11.6 Å². The molecule has 0 spiro atoms. The topological polar surface area (TPSA) is 91.3 Å². The van der Waals surface area contributed by atoms with E-state index < -0.39 is 0 Å². The zero-order chi connectivity index (χ0) is 16.4. The Hall–Kier alpha value is -2.15. The van der Waals surface area contributed by atoms with E-state index in [9.17, 15) is 9.59 Å². The summed E-state index contributed by atoms with van der Waals surface area (Å²) in [4.78, 5) is 27.2. The van der Waals surface area contributed by atoms with Gasteiger partial charge in [0.2, 0.25) is 0 Å². The summed E-state index contributed by atoms with van der Waals surface area (Å²) in [6, 6.07) is 1.68. The van der Waals surface area contributed by atoms with Gasteiger partial charge in [0.15, 0.2) is 0 Å². The number of rotatable bonds is 4. The molecule has 1 fully saturated rings. The van der Waals surface area contributed by atoms with Gasteiger partial charge < -0.3 is 15.6 Å². The van der Waals surface area contributed by atoms with Crippen LogP contribution in [0.3, 0.4) is 0 Å². The van der Waals surface area contributed by atoms with Gasteiger partial charge in [-0.05, 0) is 39.3 Å². The second-order valence-corrected chi connectivity index (χ2v) is 6.18. The minimum absolute atomic E-state index is 0.0803. The van der Waals surface area contributed by atoms with Crippen LogP contribution in [0.5, 0.6) is 0 Å². The van der Waals surface area contributed by atoms with Gasteiger partial charge in [-0.25, -0.2) is 4.52 Å². The highest BCUT2D eigenvalue weighted by Crippen LogP contribution is 2.24. The summed E-state index contributed by atoms with van der Waals surface area (Å²) >= 11 is 0. The van der Waals surface area contributed by atoms with E-state index in [4.69, 9.17) is 0 Å². The standard InChI is InChI=1S/C16H23N5O2/c1-3-10(2)19-16(23)12-9-18-21-13(8-14(22)20-15(12)21)11-4-6-17-7-5-11/h8-11,17H,3-7H2,1-2H3,(H,19,23)(H,20,22). The Morgan fingerprint density at radius 3 is 2.91 bits per heavy atom. The summed E-state index contributed by atoms with van der Waals surface area (Å²) in [5.74, 6) is 0.0823. The normalized spacial score (nSPS) is 17.3. The van der Waals surface area contributed by atoms with E-state index in [1.54, 1.807) is 10.6 Å². The lowest BCUT2D eigenvalue weighted by atomic mass is 9.94. The molecule has 3 rings (SSSR count). The SMILES string of the molecule is CCC(C)NC(=O)c1cnn2c(C3CCNCC3)cc(=O)[nH]c12. The third-order valence-electron chi connectivity index (χ3n) is 4.53. The Labute approximate surface area is 134 Å². The van der Waals surface area contributed by atoms with Crippen molar-refractivity contribution in [3.8, 4) is 0 Å². The molecule has 0 radical (unpaired) electrons. The average Bonchev–Trinajstić information content (AvgIpc) is 2.98. The van der Waals surface area contributed by atoms with Crippen LogP contribution in [0.2, 0.25) is 0 Å². The number of fused-ring (bicyclic) bond motifs is 1. The van der Waals surface area contributed by atoms with Crippen molar-refractivity contribution in [3.63, 3.8) is 0 Å². The molecule has 0 aliphatic carbocycles. The van der Waals surface area contributed by atoms with Crippen LogP contribution in [-0.2, 0) is 0 Å². The fourth-order valence-corrected chi connectivity index (χ4v) is 2.99. The van der Waals surface area contributed by atoms with Gasteiger partial charge in [-0.15, -0.1) is 0 Å². The van der Waals surface area contributed by atoms with E-state index in [1.165, 1.54) is 6.20 Å². The first-order chi connectivity index (χ1) is 11.1. The van der Waals surface area contributed by atoms with Gasteiger partial charge in [-0.3, -0.25) is 9.59 Å². The van der Waals surface area contributed by atoms with Crippen LogP contribution in [0.1, 0.15) is 55.1 Å².